The van der Waals surface area contributed by atoms with E-state index in [9.17, 15) is 4.79 Å². The maximum Gasteiger partial charge on any atom is 0.225 e. The van der Waals surface area contributed by atoms with Crippen LogP contribution in [-0.2, 0) is 22.6 Å². The van der Waals surface area contributed by atoms with Crippen LogP contribution >= 0.6 is 0 Å². The van der Waals surface area contributed by atoms with Crippen LogP contribution in [0.2, 0.25) is 0 Å². The van der Waals surface area contributed by atoms with Gasteiger partial charge in [-0.25, -0.2) is 0 Å². The molecule has 1 atom stereocenters. The van der Waals surface area contributed by atoms with Crippen LogP contribution in [0, 0.1) is 5.92 Å². The fourth-order valence-electron chi connectivity index (χ4n) is 2.76. The smallest absolute Gasteiger partial charge is 0.225 e. The average molecular weight is 340 g/mol. The molecule has 3 rings (SSSR count). The Morgan fingerprint density at radius 1 is 1.08 bits per heavy atom. The molecule has 2 aromatic carbocycles. The zero-order chi connectivity index (χ0) is 17.5. The number of carbonyl (C=O) groups excluding carboxylic acids is 1. The number of anilines is 1. The van der Waals surface area contributed by atoms with Crippen LogP contribution in [0.5, 0.6) is 5.75 Å². The SMILES string of the molecule is COc1ccc(CNc2ccc(CNC(=O)[C@H]3CCOC3)cc2)cc1. The lowest BCUT2D eigenvalue weighted by Gasteiger charge is -2.11. The summed E-state index contributed by atoms with van der Waals surface area (Å²) in [6, 6.07) is 16.1. The van der Waals surface area contributed by atoms with Gasteiger partial charge in [-0.15, -0.1) is 0 Å². The van der Waals surface area contributed by atoms with Crippen LogP contribution in [0.3, 0.4) is 0 Å². The fraction of sp³-hybridized carbons (Fsp3) is 0.350. The molecule has 2 aromatic rings. The van der Waals surface area contributed by atoms with Crippen molar-refractivity contribution in [3.05, 3.63) is 59.7 Å². The quantitative estimate of drug-likeness (QED) is 0.814. The van der Waals surface area contributed by atoms with Crippen LogP contribution in [0.4, 0.5) is 5.69 Å². The van der Waals surface area contributed by atoms with Crippen molar-refractivity contribution in [3.63, 3.8) is 0 Å². The standard InChI is InChI=1S/C20H24N2O3/c1-24-19-8-4-16(5-9-19)12-21-18-6-2-15(3-7-18)13-22-20(23)17-10-11-25-14-17/h2-9,17,21H,10-14H2,1H3,(H,22,23)/t17-/m0/s1. The number of ether oxygens (including phenoxy) is 2. The fourth-order valence-corrected chi connectivity index (χ4v) is 2.76. The highest BCUT2D eigenvalue weighted by Gasteiger charge is 2.22. The van der Waals surface area contributed by atoms with Crippen molar-refractivity contribution in [2.24, 2.45) is 5.92 Å². The second kappa shape index (κ2) is 8.53. The molecular formula is C20H24N2O3. The molecule has 1 heterocycles. The van der Waals surface area contributed by atoms with Gasteiger partial charge in [0.2, 0.25) is 5.91 Å². The van der Waals surface area contributed by atoms with E-state index in [2.05, 4.69) is 10.6 Å². The van der Waals surface area contributed by atoms with Crippen molar-refractivity contribution >= 4 is 11.6 Å². The Bertz CT molecular complexity index is 677. The summed E-state index contributed by atoms with van der Waals surface area (Å²) in [7, 11) is 1.67. The molecule has 0 saturated carbocycles. The highest BCUT2D eigenvalue weighted by atomic mass is 16.5. The Hall–Kier alpha value is -2.53. The first-order valence-electron chi connectivity index (χ1n) is 8.56. The summed E-state index contributed by atoms with van der Waals surface area (Å²) >= 11 is 0. The predicted molar refractivity (Wildman–Crippen MR) is 97.5 cm³/mol. The molecule has 0 radical (unpaired) electrons. The molecule has 1 aliphatic rings. The lowest BCUT2D eigenvalue weighted by atomic mass is 10.1. The van der Waals surface area contributed by atoms with Crippen molar-refractivity contribution < 1.29 is 14.3 Å². The van der Waals surface area contributed by atoms with E-state index in [-0.39, 0.29) is 11.8 Å². The van der Waals surface area contributed by atoms with Crippen molar-refractivity contribution in [1.82, 2.24) is 5.32 Å². The number of methoxy groups -OCH3 is 1. The summed E-state index contributed by atoms with van der Waals surface area (Å²) in [4.78, 5) is 12.0. The van der Waals surface area contributed by atoms with Crippen LogP contribution in [0.15, 0.2) is 48.5 Å². The molecule has 25 heavy (non-hydrogen) atoms. The van der Waals surface area contributed by atoms with E-state index in [1.165, 1.54) is 5.56 Å². The van der Waals surface area contributed by atoms with Gasteiger partial charge in [0.25, 0.3) is 0 Å². The van der Waals surface area contributed by atoms with Crippen LogP contribution in [-0.4, -0.2) is 26.2 Å². The van der Waals surface area contributed by atoms with Crippen LogP contribution in [0.25, 0.3) is 0 Å². The average Bonchev–Trinajstić information content (AvgIpc) is 3.20. The van der Waals surface area contributed by atoms with Crippen LogP contribution in [0.1, 0.15) is 17.5 Å². The molecule has 5 nitrogen and oxygen atoms in total. The molecule has 0 aromatic heterocycles. The van der Waals surface area contributed by atoms with Gasteiger partial charge in [-0.05, 0) is 41.8 Å². The molecule has 132 valence electrons. The van der Waals surface area contributed by atoms with Gasteiger partial charge >= 0.3 is 0 Å². The third-order valence-electron chi connectivity index (χ3n) is 4.38. The number of carbonyl (C=O) groups is 1. The third kappa shape index (κ3) is 4.97. The van der Waals surface area contributed by atoms with E-state index in [4.69, 9.17) is 9.47 Å². The highest BCUT2D eigenvalue weighted by molar-refractivity contribution is 5.79. The second-order valence-electron chi connectivity index (χ2n) is 6.18. The maximum absolute atomic E-state index is 12.0. The Labute approximate surface area is 148 Å². The molecule has 1 saturated heterocycles. The topological polar surface area (TPSA) is 59.6 Å². The van der Waals surface area contributed by atoms with Gasteiger partial charge in [0.1, 0.15) is 5.75 Å². The molecule has 1 aliphatic heterocycles. The summed E-state index contributed by atoms with van der Waals surface area (Å²) in [5.41, 5.74) is 3.33. The summed E-state index contributed by atoms with van der Waals surface area (Å²) in [5, 5.41) is 6.37. The number of benzene rings is 2. The molecular weight excluding hydrogens is 316 g/mol. The number of rotatable bonds is 7. The monoisotopic (exact) mass is 340 g/mol. The van der Waals surface area contributed by atoms with Gasteiger partial charge in [0, 0.05) is 25.4 Å². The Balaban J connectivity index is 1.45. The van der Waals surface area contributed by atoms with Gasteiger partial charge in [0.05, 0.1) is 19.6 Å². The van der Waals surface area contributed by atoms with Gasteiger partial charge in [0.15, 0.2) is 0 Å². The minimum Gasteiger partial charge on any atom is -0.497 e. The Morgan fingerprint density at radius 2 is 1.76 bits per heavy atom. The maximum atomic E-state index is 12.0. The van der Waals surface area contributed by atoms with E-state index < -0.39 is 0 Å². The molecule has 0 bridgehead atoms. The molecule has 0 spiro atoms. The van der Waals surface area contributed by atoms with Crippen LogP contribution < -0.4 is 15.4 Å². The summed E-state index contributed by atoms with van der Waals surface area (Å²) in [6.07, 6.45) is 0.819. The number of hydrogen-bond acceptors (Lipinski definition) is 4. The van der Waals surface area contributed by atoms with Gasteiger partial charge in [-0.3, -0.25) is 4.79 Å². The third-order valence-corrected chi connectivity index (χ3v) is 4.38. The largest absolute Gasteiger partial charge is 0.497 e. The zero-order valence-corrected chi connectivity index (χ0v) is 14.5. The van der Waals surface area contributed by atoms with E-state index in [1.54, 1.807) is 7.11 Å². The molecule has 5 heteroatoms. The zero-order valence-electron chi connectivity index (χ0n) is 14.5. The lowest BCUT2D eigenvalue weighted by Crippen LogP contribution is -2.30. The normalized spacial score (nSPS) is 16.4. The number of amides is 1. The highest BCUT2D eigenvalue weighted by Crippen LogP contribution is 2.15. The minimum absolute atomic E-state index is 0.00503. The molecule has 1 fully saturated rings. The van der Waals surface area contributed by atoms with Gasteiger partial charge in [-0.1, -0.05) is 24.3 Å². The second-order valence-corrected chi connectivity index (χ2v) is 6.18. The lowest BCUT2D eigenvalue weighted by molar-refractivity contribution is -0.125. The van der Waals surface area contributed by atoms with E-state index >= 15 is 0 Å². The van der Waals surface area contributed by atoms with E-state index in [1.807, 2.05) is 48.5 Å². The van der Waals surface area contributed by atoms with Crippen molar-refractivity contribution in [2.45, 2.75) is 19.5 Å². The summed E-state index contributed by atoms with van der Waals surface area (Å²) < 4.78 is 10.4. The van der Waals surface area contributed by atoms with E-state index in [0.29, 0.717) is 19.8 Å². The Kier molecular flexibility index (Phi) is 5.90. The molecule has 0 unspecified atom stereocenters. The predicted octanol–water partition coefficient (Wildman–Crippen LogP) is 2.96. The van der Waals surface area contributed by atoms with E-state index in [0.717, 1.165) is 30.0 Å². The summed E-state index contributed by atoms with van der Waals surface area (Å²) in [6.45, 7) is 2.53. The molecule has 1 amide bonds. The molecule has 0 aliphatic carbocycles. The summed E-state index contributed by atoms with van der Waals surface area (Å²) in [5.74, 6) is 0.948. The van der Waals surface area contributed by atoms with Crippen molar-refractivity contribution in [2.75, 3.05) is 25.6 Å². The number of hydrogen-bond donors (Lipinski definition) is 2. The Morgan fingerprint density at radius 3 is 2.40 bits per heavy atom. The minimum atomic E-state index is 0.00503. The first-order valence-corrected chi connectivity index (χ1v) is 8.56. The first-order chi connectivity index (χ1) is 12.2. The van der Waals surface area contributed by atoms with Gasteiger partial charge < -0.3 is 20.1 Å². The van der Waals surface area contributed by atoms with Gasteiger partial charge in [-0.2, -0.15) is 0 Å². The number of nitrogens with one attached hydrogen (secondary N) is 2. The van der Waals surface area contributed by atoms with Crippen molar-refractivity contribution in [1.29, 1.82) is 0 Å². The van der Waals surface area contributed by atoms with Crippen molar-refractivity contribution in [3.8, 4) is 5.75 Å². The first kappa shape index (κ1) is 17.3. The molecule has 2 N–H and O–H groups in total.